The molecule has 0 aromatic heterocycles. The summed E-state index contributed by atoms with van der Waals surface area (Å²) in [6, 6.07) is 11.2. The smallest absolute Gasteiger partial charge is 0.0392 e. The highest BCUT2D eigenvalue weighted by molar-refractivity contribution is 5.60. The van der Waals surface area contributed by atoms with Gasteiger partial charge in [0.05, 0.1) is 0 Å². The zero-order chi connectivity index (χ0) is 14.8. The predicted molar refractivity (Wildman–Crippen MR) is 91.4 cm³/mol. The van der Waals surface area contributed by atoms with Crippen LogP contribution in [0.25, 0.3) is 0 Å². The molecule has 2 fully saturated rings. The lowest BCUT2D eigenvalue weighted by Crippen LogP contribution is -2.56. The molecule has 1 N–H and O–H groups in total. The van der Waals surface area contributed by atoms with Crippen LogP contribution in [0.5, 0.6) is 0 Å². The predicted octanol–water partition coefficient (Wildman–Crippen LogP) is 3.25. The molecule has 21 heavy (non-hydrogen) atoms. The van der Waals surface area contributed by atoms with Gasteiger partial charge in [0.25, 0.3) is 0 Å². The van der Waals surface area contributed by atoms with Crippen LogP contribution in [0.3, 0.4) is 0 Å². The van der Waals surface area contributed by atoms with E-state index in [0.717, 1.165) is 24.7 Å². The molecule has 3 heteroatoms. The Kier molecular flexibility index (Phi) is 4.39. The van der Waals surface area contributed by atoms with E-state index in [1.807, 2.05) is 0 Å². The third kappa shape index (κ3) is 3.03. The summed E-state index contributed by atoms with van der Waals surface area (Å²) in [5.74, 6) is 0. The molecule has 2 atom stereocenters. The van der Waals surface area contributed by atoms with Crippen LogP contribution in [0.1, 0.15) is 39.0 Å². The van der Waals surface area contributed by atoms with E-state index in [1.165, 1.54) is 43.5 Å². The van der Waals surface area contributed by atoms with Gasteiger partial charge in [-0.1, -0.05) is 13.0 Å². The van der Waals surface area contributed by atoms with Crippen LogP contribution >= 0.6 is 0 Å². The average molecular weight is 287 g/mol. The molecule has 2 saturated heterocycles. The van der Waals surface area contributed by atoms with Crippen molar-refractivity contribution in [2.75, 3.05) is 30.4 Å². The van der Waals surface area contributed by atoms with E-state index in [1.54, 1.807) is 0 Å². The number of hydrogen-bond donors (Lipinski definition) is 1. The Bertz CT molecular complexity index is 457. The van der Waals surface area contributed by atoms with Gasteiger partial charge < -0.3 is 15.1 Å². The Morgan fingerprint density at radius 2 is 1.90 bits per heavy atom. The maximum Gasteiger partial charge on any atom is 0.0392 e. The normalized spacial score (nSPS) is 28.5. The van der Waals surface area contributed by atoms with Gasteiger partial charge >= 0.3 is 0 Å². The van der Waals surface area contributed by atoms with Gasteiger partial charge in [0, 0.05) is 43.6 Å². The molecule has 1 aromatic carbocycles. The Labute approximate surface area is 129 Å². The fraction of sp³-hybridized carbons (Fsp3) is 0.667. The van der Waals surface area contributed by atoms with Crippen LogP contribution in [0.4, 0.5) is 11.4 Å². The van der Waals surface area contributed by atoms with Gasteiger partial charge in [0.15, 0.2) is 0 Å². The maximum absolute atomic E-state index is 3.68. The van der Waals surface area contributed by atoms with E-state index in [-0.39, 0.29) is 0 Å². The Morgan fingerprint density at radius 1 is 1.19 bits per heavy atom. The molecule has 2 heterocycles. The van der Waals surface area contributed by atoms with Gasteiger partial charge in [-0.15, -0.1) is 0 Å². The van der Waals surface area contributed by atoms with Crippen molar-refractivity contribution in [3.05, 3.63) is 24.3 Å². The molecule has 3 nitrogen and oxygen atoms in total. The third-order valence-electron chi connectivity index (χ3n) is 5.11. The largest absolute Gasteiger partial charge is 0.378 e. The molecule has 2 bridgehead atoms. The SMILES string of the molecule is CCNC1CC2CCCC(C1)N2c1cccc(N(C)C)c1. The number of hydrogen-bond acceptors (Lipinski definition) is 3. The molecular formula is C18H29N3. The molecule has 3 rings (SSSR count). The first-order valence-corrected chi connectivity index (χ1v) is 8.48. The summed E-state index contributed by atoms with van der Waals surface area (Å²) in [5, 5.41) is 3.68. The van der Waals surface area contributed by atoms with Crippen LogP contribution in [-0.2, 0) is 0 Å². The van der Waals surface area contributed by atoms with E-state index < -0.39 is 0 Å². The minimum Gasteiger partial charge on any atom is -0.378 e. The molecule has 1 aromatic rings. The van der Waals surface area contributed by atoms with Crippen molar-refractivity contribution in [2.45, 2.75) is 57.2 Å². The van der Waals surface area contributed by atoms with Crippen molar-refractivity contribution >= 4 is 11.4 Å². The van der Waals surface area contributed by atoms with Crippen molar-refractivity contribution < 1.29 is 0 Å². The molecule has 2 unspecified atom stereocenters. The lowest BCUT2D eigenvalue weighted by Gasteiger charge is -2.50. The van der Waals surface area contributed by atoms with E-state index >= 15 is 0 Å². The Morgan fingerprint density at radius 3 is 2.52 bits per heavy atom. The fourth-order valence-corrected chi connectivity index (χ4v) is 4.19. The third-order valence-corrected chi connectivity index (χ3v) is 5.11. The van der Waals surface area contributed by atoms with E-state index in [2.05, 4.69) is 60.4 Å². The lowest BCUT2D eigenvalue weighted by molar-refractivity contribution is 0.247. The minimum absolute atomic E-state index is 0.721. The van der Waals surface area contributed by atoms with Crippen molar-refractivity contribution in [3.8, 4) is 0 Å². The van der Waals surface area contributed by atoms with Crippen molar-refractivity contribution in [1.82, 2.24) is 5.32 Å². The number of nitrogens with one attached hydrogen (secondary N) is 1. The molecule has 2 aliphatic rings. The zero-order valence-electron chi connectivity index (χ0n) is 13.7. The Hall–Kier alpha value is -1.22. The molecule has 116 valence electrons. The highest BCUT2D eigenvalue weighted by Crippen LogP contribution is 2.38. The number of anilines is 2. The lowest BCUT2D eigenvalue weighted by atomic mass is 9.81. The second kappa shape index (κ2) is 6.27. The highest BCUT2D eigenvalue weighted by Gasteiger charge is 2.38. The molecule has 2 aliphatic heterocycles. The summed E-state index contributed by atoms with van der Waals surface area (Å²) >= 11 is 0. The van der Waals surface area contributed by atoms with Gasteiger partial charge in [0.2, 0.25) is 0 Å². The second-order valence-corrected chi connectivity index (χ2v) is 6.79. The number of fused-ring (bicyclic) bond motifs is 2. The number of benzene rings is 1. The van der Waals surface area contributed by atoms with E-state index in [9.17, 15) is 0 Å². The van der Waals surface area contributed by atoms with Gasteiger partial charge in [-0.2, -0.15) is 0 Å². The number of nitrogens with zero attached hydrogens (tertiary/aromatic N) is 2. The molecule has 0 amide bonds. The summed E-state index contributed by atoms with van der Waals surface area (Å²) in [4.78, 5) is 4.93. The quantitative estimate of drug-likeness (QED) is 0.917. The first kappa shape index (κ1) is 14.7. The van der Waals surface area contributed by atoms with Crippen LogP contribution in [0.2, 0.25) is 0 Å². The fourth-order valence-electron chi connectivity index (χ4n) is 4.19. The van der Waals surface area contributed by atoms with Crippen molar-refractivity contribution in [1.29, 1.82) is 0 Å². The van der Waals surface area contributed by atoms with Crippen molar-refractivity contribution in [2.24, 2.45) is 0 Å². The van der Waals surface area contributed by atoms with Gasteiger partial charge in [0.1, 0.15) is 0 Å². The summed E-state index contributed by atoms with van der Waals surface area (Å²) in [6.45, 7) is 3.32. The van der Waals surface area contributed by atoms with Crippen molar-refractivity contribution in [3.63, 3.8) is 0 Å². The summed E-state index contributed by atoms with van der Waals surface area (Å²) in [5.41, 5.74) is 2.73. The molecule has 0 aliphatic carbocycles. The van der Waals surface area contributed by atoms with E-state index in [0.29, 0.717) is 0 Å². The molecule has 0 saturated carbocycles. The first-order chi connectivity index (χ1) is 10.2. The molecule has 0 radical (unpaired) electrons. The average Bonchev–Trinajstić information content (AvgIpc) is 2.47. The summed E-state index contributed by atoms with van der Waals surface area (Å²) in [6.07, 6.45) is 6.71. The Balaban J connectivity index is 1.83. The molecular weight excluding hydrogens is 258 g/mol. The standard InChI is InChI=1S/C18H29N3/c1-4-19-14-11-16-8-6-9-17(12-14)21(16)18-10-5-7-15(13-18)20(2)3/h5,7,10,13-14,16-17,19H,4,6,8-9,11-12H2,1-3H3. The van der Waals surface area contributed by atoms with Gasteiger partial charge in [-0.25, -0.2) is 0 Å². The maximum atomic E-state index is 3.68. The number of piperidine rings is 2. The second-order valence-electron chi connectivity index (χ2n) is 6.79. The van der Waals surface area contributed by atoms with Gasteiger partial charge in [-0.3, -0.25) is 0 Å². The highest BCUT2D eigenvalue weighted by atomic mass is 15.2. The molecule has 0 spiro atoms. The number of rotatable bonds is 4. The minimum atomic E-state index is 0.721. The van der Waals surface area contributed by atoms with E-state index in [4.69, 9.17) is 0 Å². The monoisotopic (exact) mass is 287 g/mol. The van der Waals surface area contributed by atoms with Crippen LogP contribution < -0.4 is 15.1 Å². The first-order valence-electron chi connectivity index (χ1n) is 8.48. The topological polar surface area (TPSA) is 18.5 Å². The summed E-state index contributed by atoms with van der Waals surface area (Å²) in [7, 11) is 4.24. The van der Waals surface area contributed by atoms with Gasteiger partial charge in [-0.05, 0) is 56.8 Å². The van der Waals surface area contributed by atoms with Crippen LogP contribution in [0, 0.1) is 0 Å². The zero-order valence-corrected chi connectivity index (χ0v) is 13.7. The summed E-state index contributed by atoms with van der Waals surface area (Å²) < 4.78 is 0. The van der Waals surface area contributed by atoms with Crippen LogP contribution in [0.15, 0.2) is 24.3 Å². The van der Waals surface area contributed by atoms with Crippen LogP contribution in [-0.4, -0.2) is 38.8 Å².